The molecule has 2 amide bonds. The Balaban J connectivity index is 1.98. The molecular weight excluding hydrogens is 422 g/mol. The maximum Gasteiger partial charge on any atom is 0.261 e. The molecule has 4 rings (SSSR count). The van der Waals surface area contributed by atoms with E-state index in [1.165, 1.54) is 4.90 Å². The first-order valence-electron chi connectivity index (χ1n) is 10.4. The molecule has 1 atom stereocenters. The number of nitrogens with zero attached hydrogens (tertiary/aromatic N) is 2. The lowest BCUT2D eigenvalue weighted by Crippen LogP contribution is -2.57. The second kappa shape index (κ2) is 8.60. The molecule has 3 aromatic carbocycles. The lowest BCUT2D eigenvalue weighted by atomic mass is 9.98. The van der Waals surface area contributed by atoms with E-state index in [2.05, 4.69) is 5.32 Å². The first-order chi connectivity index (χ1) is 15.2. The fourth-order valence-electron chi connectivity index (χ4n) is 3.69. The smallest absolute Gasteiger partial charge is 0.261 e. The summed E-state index contributed by atoms with van der Waals surface area (Å²) in [5.74, 6) is -0.593. The van der Waals surface area contributed by atoms with Gasteiger partial charge in [-0.05, 0) is 62.7 Å². The SMILES string of the molecule is CC(C)(C)NC(=O)C1C(c2ccc(Cl)cc2)=Nc2ccccc2C(=O)N1c1ccccc1. The van der Waals surface area contributed by atoms with Gasteiger partial charge in [0.2, 0.25) is 5.91 Å². The molecule has 0 fully saturated rings. The summed E-state index contributed by atoms with van der Waals surface area (Å²) < 4.78 is 0. The van der Waals surface area contributed by atoms with Gasteiger partial charge in [-0.25, -0.2) is 4.99 Å². The van der Waals surface area contributed by atoms with E-state index >= 15 is 0 Å². The van der Waals surface area contributed by atoms with Gasteiger partial charge in [-0.1, -0.05) is 54.1 Å². The summed E-state index contributed by atoms with van der Waals surface area (Å²) in [4.78, 5) is 33.9. The number of aliphatic imine (C=N–C) groups is 1. The van der Waals surface area contributed by atoms with Gasteiger partial charge < -0.3 is 5.32 Å². The molecular formula is C26H24ClN3O2. The van der Waals surface area contributed by atoms with Gasteiger partial charge in [0.1, 0.15) is 0 Å². The Morgan fingerprint density at radius 3 is 2.22 bits per heavy atom. The normalized spacial score (nSPS) is 16.1. The van der Waals surface area contributed by atoms with Crippen LogP contribution in [0.3, 0.4) is 0 Å². The maximum absolute atomic E-state index is 13.8. The summed E-state index contributed by atoms with van der Waals surface area (Å²) in [6.45, 7) is 5.72. The largest absolute Gasteiger partial charge is 0.349 e. The Labute approximate surface area is 192 Å². The predicted octanol–water partition coefficient (Wildman–Crippen LogP) is 5.40. The van der Waals surface area contributed by atoms with Crippen molar-refractivity contribution in [2.75, 3.05) is 4.90 Å². The summed E-state index contributed by atoms with van der Waals surface area (Å²) in [5, 5.41) is 3.61. The predicted molar refractivity (Wildman–Crippen MR) is 129 cm³/mol. The number of carbonyl (C=O) groups excluding carboxylic acids is 2. The van der Waals surface area contributed by atoms with Gasteiger partial charge in [0, 0.05) is 16.2 Å². The maximum atomic E-state index is 13.8. The number of anilines is 1. The van der Waals surface area contributed by atoms with Gasteiger partial charge in [-0.2, -0.15) is 0 Å². The number of carbonyl (C=O) groups is 2. The second-order valence-electron chi connectivity index (χ2n) is 8.67. The molecule has 0 aromatic heterocycles. The molecule has 0 aliphatic carbocycles. The van der Waals surface area contributed by atoms with Gasteiger partial charge in [0.05, 0.1) is 17.0 Å². The topological polar surface area (TPSA) is 61.8 Å². The monoisotopic (exact) mass is 445 g/mol. The molecule has 0 saturated heterocycles. The third-order valence-electron chi connectivity index (χ3n) is 5.03. The van der Waals surface area contributed by atoms with E-state index in [9.17, 15) is 9.59 Å². The van der Waals surface area contributed by atoms with E-state index in [-0.39, 0.29) is 11.8 Å². The number of nitrogens with one attached hydrogen (secondary N) is 1. The minimum atomic E-state index is -0.974. The van der Waals surface area contributed by atoms with Crippen molar-refractivity contribution < 1.29 is 9.59 Å². The number of amides is 2. The van der Waals surface area contributed by atoms with Gasteiger partial charge in [-0.3, -0.25) is 14.5 Å². The number of hydrogen-bond acceptors (Lipinski definition) is 3. The zero-order valence-corrected chi connectivity index (χ0v) is 18.9. The molecule has 5 nitrogen and oxygen atoms in total. The van der Waals surface area contributed by atoms with Gasteiger partial charge >= 0.3 is 0 Å². The summed E-state index contributed by atoms with van der Waals surface area (Å²) in [6.07, 6.45) is 0. The Morgan fingerprint density at radius 2 is 1.56 bits per heavy atom. The average molecular weight is 446 g/mol. The minimum Gasteiger partial charge on any atom is -0.349 e. The van der Waals surface area contributed by atoms with Crippen LogP contribution in [0.5, 0.6) is 0 Å². The van der Waals surface area contributed by atoms with E-state index in [1.54, 1.807) is 30.3 Å². The fraction of sp³-hybridized carbons (Fsp3) is 0.192. The van der Waals surface area contributed by atoms with Crippen molar-refractivity contribution in [3.63, 3.8) is 0 Å². The average Bonchev–Trinajstić information content (AvgIpc) is 2.88. The van der Waals surface area contributed by atoms with E-state index in [1.807, 2.05) is 69.3 Å². The van der Waals surface area contributed by atoms with Crippen LogP contribution in [-0.2, 0) is 4.79 Å². The second-order valence-corrected chi connectivity index (χ2v) is 9.11. The third kappa shape index (κ3) is 4.43. The Morgan fingerprint density at radius 1 is 0.938 bits per heavy atom. The summed E-state index contributed by atoms with van der Waals surface area (Å²) in [7, 11) is 0. The highest BCUT2D eigenvalue weighted by Gasteiger charge is 2.40. The molecule has 0 radical (unpaired) electrons. The molecule has 1 aliphatic rings. The first-order valence-corrected chi connectivity index (χ1v) is 10.8. The standard InChI is InChI=1S/C26H24ClN3O2/c1-26(2,3)29-24(31)23-22(17-13-15-18(27)16-14-17)28-21-12-8-7-11-20(21)25(32)30(23)19-9-5-4-6-10-19/h4-16,23H,1-3H3,(H,29,31). The van der Waals surface area contributed by atoms with Crippen LogP contribution in [0.1, 0.15) is 36.7 Å². The van der Waals surface area contributed by atoms with Crippen LogP contribution in [0, 0.1) is 0 Å². The zero-order chi connectivity index (χ0) is 22.9. The molecule has 32 heavy (non-hydrogen) atoms. The van der Waals surface area contributed by atoms with Crippen molar-refractivity contribution in [1.82, 2.24) is 5.32 Å². The van der Waals surface area contributed by atoms with Crippen molar-refractivity contribution in [2.24, 2.45) is 4.99 Å². The third-order valence-corrected chi connectivity index (χ3v) is 5.28. The van der Waals surface area contributed by atoms with Crippen LogP contribution >= 0.6 is 11.6 Å². The van der Waals surface area contributed by atoms with Crippen molar-refractivity contribution in [1.29, 1.82) is 0 Å². The molecule has 0 saturated carbocycles. The molecule has 0 bridgehead atoms. The summed E-state index contributed by atoms with van der Waals surface area (Å²) in [5.41, 5.74) is 2.28. The molecule has 1 heterocycles. The lowest BCUT2D eigenvalue weighted by molar-refractivity contribution is -0.122. The number of fused-ring (bicyclic) bond motifs is 1. The molecule has 0 spiro atoms. The van der Waals surface area contributed by atoms with Crippen molar-refractivity contribution in [3.8, 4) is 0 Å². The summed E-state index contributed by atoms with van der Waals surface area (Å²) >= 11 is 6.11. The van der Waals surface area contributed by atoms with Gasteiger partial charge in [0.15, 0.2) is 6.04 Å². The first kappa shape index (κ1) is 21.8. The Bertz CT molecular complexity index is 1180. The van der Waals surface area contributed by atoms with Crippen LogP contribution in [0.25, 0.3) is 0 Å². The Hall–Kier alpha value is -3.44. The van der Waals surface area contributed by atoms with Gasteiger partial charge in [-0.15, -0.1) is 0 Å². The molecule has 1 unspecified atom stereocenters. The van der Waals surface area contributed by atoms with Crippen LogP contribution in [0.15, 0.2) is 83.9 Å². The van der Waals surface area contributed by atoms with Crippen LogP contribution in [-0.4, -0.2) is 29.1 Å². The van der Waals surface area contributed by atoms with E-state index in [4.69, 9.17) is 16.6 Å². The quantitative estimate of drug-likeness (QED) is 0.586. The number of halogens is 1. The highest BCUT2D eigenvalue weighted by Crippen LogP contribution is 2.32. The van der Waals surface area contributed by atoms with Crippen molar-refractivity contribution >= 4 is 40.5 Å². The molecule has 1 aliphatic heterocycles. The number of hydrogen-bond donors (Lipinski definition) is 1. The van der Waals surface area contributed by atoms with Crippen LogP contribution in [0.2, 0.25) is 5.02 Å². The van der Waals surface area contributed by atoms with Crippen molar-refractivity contribution in [3.05, 3.63) is 95.0 Å². The highest BCUT2D eigenvalue weighted by atomic mass is 35.5. The molecule has 1 N–H and O–H groups in total. The minimum absolute atomic E-state index is 0.284. The lowest BCUT2D eigenvalue weighted by Gasteiger charge is -2.33. The van der Waals surface area contributed by atoms with E-state index < -0.39 is 11.6 Å². The number of para-hydroxylation sites is 2. The fourth-order valence-corrected chi connectivity index (χ4v) is 3.82. The molecule has 162 valence electrons. The zero-order valence-electron chi connectivity index (χ0n) is 18.2. The summed E-state index contributed by atoms with van der Waals surface area (Å²) in [6, 6.07) is 22.5. The molecule has 6 heteroatoms. The van der Waals surface area contributed by atoms with E-state index in [0.29, 0.717) is 33.2 Å². The number of benzene rings is 3. The highest BCUT2D eigenvalue weighted by molar-refractivity contribution is 6.31. The Kier molecular flexibility index (Phi) is 5.85. The number of rotatable bonds is 3. The van der Waals surface area contributed by atoms with Crippen LogP contribution < -0.4 is 10.2 Å². The van der Waals surface area contributed by atoms with Crippen LogP contribution in [0.4, 0.5) is 11.4 Å². The molecule has 3 aromatic rings. The van der Waals surface area contributed by atoms with E-state index in [0.717, 1.165) is 0 Å². The van der Waals surface area contributed by atoms with Gasteiger partial charge in [0.25, 0.3) is 5.91 Å². The van der Waals surface area contributed by atoms with Crippen molar-refractivity contribution in [2.45, 2.75) is 32.4 Å².